The predicted octanol–water partition coefficient (Wildman–Crippen LogP) is 30.0. The van der Waals surface area contributed by atoms with Crippen molar-refractivity contribution in [2.75, 3.05) is 0 Å². The standard InChI is InChI=1S/3C32H22N2.C28H20N2/c1-3-12-24(13-4-1)34(25-14-5-2-6-15-25)31-26-16-8-7-11-22(26)21-23-19-20-29-27-17-9-10-18-28(27)32(34)33(29)30(23)31;1-3-12-24(13-4-1)34(25-14-5-2-6-15-25)29-17-9-11-23-19-21-28-27-20-18-22-10-7-8-16-26(22)30(27)32(34)33(28)31(23)29;1-3-12-24(13-4-1)34(25-14-5-2-6-15-25)28-17-9-11-23-18-19-27-30(29(23)28)32(34)33-21-20-22-10-7-8-16-26(22)31(27)33;1-3-11-21(12-4-1)30(22-13-5-2-6-14-22)25-16-9-10-20-17-18-23-24-15-7-8-19-29(24)28(30)27(23)26(20)25/h3*1-21,32H;1-19,28H/q4*+2. The van der Waals surface area contributed by atoms with Gasteiger partial charge in [-0.05, 0) is 105 Å². The molecule has 0 radical (unpaired) electrons. The molecule has 132 heavy (non-hydrogen) atoms. The van der Waals surface area contributed by atoms with Gasteiger partial charge >= 0.3 is 24.7 Å². The van der Waals surface area contributed by atoms with Gasteiger partial charge in [-0.25, -0.2) is 0 Å². The molecule has 31 rings (SSSR count). The van der Waals surface area contributed by atoms with Gasteiger partial charge in [-0.2, -0.15) is 17.9 Å². The molecule has 0 N–H and O–H groups in total. The number of quaternary nitrogens is 4. The van der Waals surface area contributed by atoms with Gasteiger partial charge in [0.25, 0.3) is 11.0 Å². The SMILES string of the molecule is c1ccc([N+]2(c3ccccc3)c3c4ccccc4cc4ccc5[n+](c34)C2c2ccccc2-5)cc1.c1ccc([N+]2(c3ccccc3)c3cccc4ccc5[n+](c34)C2c2c-5ccc3ccccc23)cc1.c1ccc([N+]2(c3ccccc3)c3cccc4ccc5c(c34)C2[n+]2ccc3ccccc3c2-5)cc1.c1ccc([N+]2(c3ccccc3)c3cccc4ccc5c(c34)C2[n+]2ccccc2-5)cc1. The number of hydrogen-bond donors (Lipinski definition) is 0. The molecule has 8 nitrogen and oxygen atoms in total. The highest BCUT2D eigenvalue weighted by Gasteiger charge is 2.68. The van der Waals surface area contributed by atoms with E-state index in [1.807, 2.05) is 0 Å². The molecule has 0 amide bonds. The Hall–Kier alpha value is -16.6. The Balaban J connectivity index is 0.0000000882. The van der Waals surface area contributed by atoms with E-state index in [0.29, 0.717) is 17.9 Å². The highest BCUT2D eigenvalue weighted by molar-refractivity contribution is 6.14. The Labute approximate surface area is 764 Å². The summed E-state index contributed by atoms with van der Waals surface area (Å²) in [5, 5.41) is 15.8. The number of nitrogens with zero attached hydrogens (tertiary/aromatic N) is 8. The molecule has 19 aromatic carbocycles. The molecule has 614 valence electrons. The third-order valence-electron chi connectivity index (χ3n) is 30.2. The largest absolute Gasteiger partial charge is 0.328 e. The second-order valence-corrected chi connectivity index (χ2v) is 36.1. The fourth-order valence-electron chi connectivity index (χ4n) is 25.4. The van der Waals surface area contributed by atoms with Crippen LogP contribution in [0.15, 0.2) is 498 Å². The van der Waals surface area contributed by atoms with Crippen molar-refractivity contribution in [3.63, 3.8) is 0 Å². The summed E-state index contributed by atoms with van der Waals surface area (Å²) in [5.41, 5.74) is 34.6. The number of benzene rings is 19. The topological polar surface area (TPSA) is 15.5 Å². The number of para-hydroxylation sites is 9. The van der Waals surface area contributed by atoms with E-state index in [1.165, 1.54) is 211 Å². The number of fused-ring (bicyclic) bond motifs is 18. The summed E-state index contributed by atoms with van der Waals surface area (Å²) in [6, 6.07) is 178. The molecule has 0 aliphatic carbocycles. The van der Waals surface area contributed by atoms with E-state index < -0.39 is 0 Å². The molecule has 8 aliphatic rings. The van der Waals surface area contributed by atoms with Crippen molar-refractivity contribution < 1.29 is 18.3 Å². The van der Waals surface area contributed by atoms with E-state index >= 15 is 0 Å². The van der Waals surface area contributed by atoms with E-state index in [-0.39, 0.29) is 24.7 Å². The molecule has 4 aromatic heterocycles. The van der Waals surface area contributed by atoms with E-state index in [9.17, 15) is 0 Å². The normalized spacial score (nSPS) is 16.9. The summed E-state index contributed by atoms with van der Waals surface area (Å²) in [6.45, 7) is 0. The third-order valence-corrected chi connectivity index (χ3v) is 30.2. The average molecular weight is 1690 g/mol. The van der Waals surface area contributed by atoms with Crippen LogP contribution in [0.5, 0.6) is 0 Å². The van der Waals surface area contributed by atoms with Gasteiger partial charge in [0.1, 0.15) is 62.2 Å². The van der Waals surface area contributed by atoms with E-state index in [0.717, 1.165) is 0 Å². The van der Waals surface area contributed by atoms with Gasteiger partial charge in [0.05, 0.1) is 60.1 Å². The van der Waals surface area contributed by atoms with Crippen LogP contribution in [0, 0.1) is 0 Å². The Morgan fingerprint density at radius 1 is 0.189 bits per heavy atom. The zero-order valence-electron chi connectivity index (χ0n) is 72.2. The van der Waals surface area contributed by atoms with Crippen molar-refractivity contribution in [2.24, 2.45) is 0 Å². The second-order valence-electron chi connectivity index (χ2n) is 36.1. The molecule has 23 aromatic rings. The molecule has 0 spiro atoms. The minimum atomic E-state index is 0.0852. The maximum Gasteiger partial charge on any atom is 0.328 e. The molecule has 4 unspecified atom stereocenters. The highest BCUT2D eigenvalue weighted by Crippen LogP contribution is 2.67. The fourth-order valence-corrected chi connectivity index (χ4v) is 25.4. The Bertz CT molecular complexity index is 8570. The molecule has 0 saturated carbocycles. The maximum atomic E-state index is 2.61. The van der Waals surface area contributed by atoms with Crippen molar-refractivity contribution in [1.82, 2.24) is 17.9 Å². The number of pyridine rings is 4. The van der Waals surface area contributed by atoms with Crippen molar-refractivity contribution in [1.29, 1.82) is 0 Å². The van der Waals surface area contributed by atoms with E-state index in [2.05, 4.69) is 516 Å². The molecule has 0 bridgehead atoms. The van der Waals surface area contributed by atoms with Crippen molar-refractivity contribution in [2.45, 2.75) is 24.7 Å². The zero-order valence-corrected chi connectivity index (χ0v) is 72.2. The molecular formula is C124H86N8+8. The van der Waals surface area contributed by atoms with Crippen molar-refractivity contribution >= 4 is 144 Å². The number of rotatable bonds is 8. The van der Waals surface area contributed by atoms with Crippen LogP contribution >= 0.6 is 0 Å². The minimum Gasteiger partial charge on any atom is -0.164 e. The summed E-state index contributed by atoms with van der Waals surface area (Å²) in [7, 11) is 0. The molecule has 0 fully saturated rings. The number of hydrogen-bond acceptors (Lipinski definition) is 0. The van der Waals surface area contributed by atoms with Crippen LogP contribution in [-0.2, 0) is 0 Å². The fraction of sp³-hybridized carbons (Fsp3) is 0.0323. The highest BCUT2D eigenvalue weighted by atomic mass is 15.5. The lowest BCUT2D eigenvalue weighted by Gasteiger charge is -2.35. The third kappa shape index (κ3) is 9.81. The lowest BCUT2D eigenvalue weighted by Crippen LogP contribution is -2.54. The van der Waals surface area contributed by atoms with Crippen LogP contribution in [0.3, 0.4) is 0 Å². The summed E-state index contributed by atoms with van der Waals surface area (Å²) >= 11 is 0. The summed E-state index contributed by atoms with van der Waals surface area (Å²) in [4.78, 5) is 0. The lowest BCUT2D eigenvalue weighted by atomic mass is 9.94. The number of aromatic nitrogens is 4. The van der Waals surface area contributed by atoms with E-state index in [1.54, 1.807) is 0 Å². The lowest BCUT2D eigenvalue weighted by molar-refractivity contribution is -0.710. The van der Waals surface area contributed by atoms with Crippen LogP contribution in [-0.4, -0.2) is 0 Å². The van der Waals surface area contributed by atoms with Gasteiger partial charge in [-0.3, -0.25) is 0 Å². The molecule has 8 heteroatoms. The predicted molar refractivity (Wildman–Crippen MR) is 539 cm³/mol. The van der Waals surface area contributed by atoms with Crippen molar-refractivity contribution in [3.8, 4) is 45.0 Å². The molecule has 8 aliphatic heterocycles. The first-order valence-corrected chi connectivity index (χ1v) is 46.1. The van der Waals surface area contributed by atoms with Gasteiger partial charge in [0, 0.05) is 146 Å². The zero-order chi connectivity index (χ0) is 86.5. The van der Waals surface area contributed by atoms with Crippen LogP contribution in [0.1, 0.15) is 46.9 Å². The first-order chi connectivity index (χ1) is 65.6. The van der Waals surface area contributed by atoms with Crippen LogP contribution < -0.4 is 36.2 Å². The molecule has 0 saturated heterocycles. The summed E-state index contributed by atoms with van der Waals surface area (Å²) < 4.78 is 12.9. The van der Waals surface area contributed by atoms with Crippen LogP contribution in [0.4, 0.5) is 68.2 Å². The molecule has 4 atom stereocenters. The quantitative estimate of drug-likeness (QED) is 0.0819. The van der Waals surface area contributed by atoms with E-state index in [4.69, 9.17) is 0 Å². The van der Waals surface area contributed by atoms with Gasteiger partial charge < -0.3 is 0 Å². The first kappa shape index (κ1) is 74.5. The molecule has 12 heterocycles. The summed E-state index contributed by atoms with van der Waals surface area (Å²) in [6.07, 6.45) is 4.97. The Morgan fingerprint density at radius 2 is 0.568 bits per heavy atom. The van der Waals surface area contributed by atoms with Crippen molar-refractivity contribution in [3.05, 3.63) is 520 Å². The van der Waals surface area contributed by atoms with Gasteiger partial charge in [-0.1, -0.05) is 267 Å². The summed E-state index contributed by atoms with van der Waals surface area (Å²) in [5.74, 6) is 0. The Morgan fingerprint density at radius 3 is 1.12 bits per heavy atom. The van der Waals surface area contributed by atoms with Gasteiger partial charge in [0.2, 0.25) is 34.2 Å². The average Bonchev–Trinajstić information content (AvgIpc) is 1.49. The monoisotopic (exact) mass is 1690 g/mol. The molecular weight excluding hydrogens is 1600 g/mol. The van der Waals surface area contributed by atoms with Crippen LogP contribution in [0.2, 0.25) is 0 Å². The first-order valence-electron chi connectivity index (χ1n) is 46.1. The van der Waals surface area contributed by atoms with Gasteiger partial charge in [0.15, 0.2) is 23.8 Å². The van der Waals surface area contributed by atoms with Crippen LogP contribution in [0.25, 0.3) is 121 Å². The minimum absolute atomic E-state index is 0.0852. The smallest absolute Gasteiger partial charge is 0.164 e. The Kier molecular flexibility index (Phi) is 16.1. The van der Waals surface area contributed by atoms with Gasteiger partial charge in [-0.15, -0.1) is 18.3 Å². The second kappa shape index (κ2) is 28.5. The maximum absolute atomic E-state index is 2.61.